The molecule has 3 N–H and O–H groups in total. The fourth-order valence-corrected chi connectivity index (χ4v) is 3.11. The van der Waals surface area contributed by atoms with Gasteiger partial charge in [0.2, 0.25) is 0 Å². The Hall–Kier alpha value is -2.67. The number of aromatic nitrogens is 2. The zero-order valence-electron chi connectivity index (χ0n) is 12.2. The van der Waals surface area contributed by atoms with Crippen LogP contribution in [0.2, 0.25) is 0 Å². The third-order valence-electron chi connectivity index (χ3n) is 4.26. The Balaban J connectivity index is 1.48. The number of aliphatic hydroxyl groups excluding tert-OH is 1. The molecule has 4 rings (SSSR count). The second-order valence-electron chi connectivity index (χ2n) is 5.72. The average molecular weight is 312 g/mol. The van der Waals surface area contributed by atoms with Crippen LogP contribution in [0, 0.1) is 0 Å². The van der Waals surface area contributed by atoms with E-state index in [1.165, 1.54) is 6.20 Å². The van der Waals surface area contributed by atoms with E-state index in [2.05, 4.69) is 20.6 Å². The van der Waals surface area contributed by atoms with Gasteiger partial charge >= 0.3 is 0 Å². The van der Waals surface area contributed by atoms with Crippen molar-refractivity contribution >= 4 is 11.7 Å². The van der Waals surface area contributed by atoms with Crippen LogP contribution in [0.25, 0.3) is 0 Å². The van der Waals surface area contributed by atoms with E-state index in [-0.39, 0.29) is 24.1 Å². The predicted molar refractivity (Wildman–Crippen MR) is 82.2 cm³/mol. The minimum atomic E-state index is -0.754. The lowest BCUT2D eigenvalue weighted by atomic mass is 10.1. The number of anilines is 1. The number of pyridine rings is 2. The standard InChI is InChI=1S/C16H16N4O3/c21-14-10(19-16(22)9-3-1-5-17-8-9)7-12-13(14)20-15-11(23-12)4-2-6-18-15/h1-6,8,10,12-14,21H,7H2,(H,18,20)(H,19,22)/t10-,12-,13-,14-/m1/s1. The smallest absolute Gasteiger partial charge is 0.253 e. The van der Waals surface area contributed by atoms with Gasteiger partial charge in [0.15, 0.2) is 11.6 Å². The van der Waals surface area contributed by atoms with Crippen molar-refractivity contribution in [1.82, 2.24) is 15.3 Å². The summed E-state index contributed by atoms with van der Waals surface area (Å²) in [6, 6.07) is 6.34. The van der Waals surface area contributed by atoms with Gasteiger partial charge in [-0.3, -0.25) is 9.78 Å². The lowest BCUT2D eigenvalue weighted by Gasteiger charge is -2.30. The van der Waals surface area contributed by atoms with Crippen molar-refractivity contribution in [2.75, 3.05) is 5.32 Å². The highest BCUT2D eigenvalue weighted by atomic mass is 16.5. The molecule has 4 atom stereocenters. The van der Waals surface area contributed by atoms with Crippen LogP contribution < -0.4 is 15.4 Å². The molecule has 0 bridgehead atoms. The molecule has 2 aliphatic rings. The number of nitrogens with one attached hydrogen (secondary N) is 2. The largest absolute Gasteiger partial charge is 0.484 e. The van der Waals surface area contributed by atoms with Gasteiger partial charge in [0.25, 0.3) is 5.91 Å². The Kier molecular flexibility index (Phi) is 3.34. The van der Waals surface area contributed by atoms with Crippen LogP contribution >= 0.6 is 0 Å². The Bertz CT molecular complexity index is 724. The zero-order valence-corrected chi connectivity index (χ0v) is 12.2. The van der Waals surface area contributed by atoms with Gasteiger partial charge in [-0.25, -0.2) is 4.98 Å². The maximum atomic E-state index is 12.2. The van der Waals surface area contributed by atoms with Gasteiger partial charge < -0.3 is 20.5 Å². The summed E-state index contributed by atoms with van der Waals surface area (Å²) in [4.78, 5) is 20.4. The number of aliphatic hydroxyl groups is 1. The first-order valence-electron chi connectivity index (χ1n) is 7.49. The van der Waals surface area contributed by atoms with Crippen molar-refractivity contribution in [2.45, 2.75) is 30.7 Å². The number of amides is 1. The highest BCUT2D eigenvalue weighted by molar-refractivity contribution is 5.94. The first-order chi connectivity index (χ1) is 11.2. The zero-order chi connectivity index (χ0) is 15.8. The Morgan fingerprint density at radius 2 is 2.22 bits per heavy atom. The molecule has 2 aromatic heterocycles. The first kappa shape index (κ1) is 14.0. The van der Waals surface area contributed by atoms with Crippen LogP contribution in [-0.4, -0.2) is 45.3 Å². The number of carbonyl (C=O) groups excluding carboxylic acids is 1. The van der Waals surface area contributed by atoms with Crippen molar-refractivity contribution in [1.29, 1.82) is 0 Å². The molecule has 1 fully saturated rings. The fraction of sp³-hybridized carbons (Fsp3) is 0.312. The predicted octanol–water partition coefficient (Wildman–Crippen LogP) is 0.581. The molecular weight excluding hydrogens is 296 g/mol. The highest BCUT2D eigenvalue weighted by Crippen LogP contribution is 2.36. The molecule has 7 heteroatoms. The summed E-state index contributed by atoms with van der Waals surface area (Å²) in [6.45, 7) is 0. The minimum Gasteiger partial charge on any atom is -0.484 e. The van der Waals surface area contributed by atoms with Crippen LogP contribution in [0.1, 0.15) is 16.8 Å². The number of carbonyl (C=O) groups is 1. The number of fused-ring (bicyclic) bond motifs is 2. The molecule has 0 spiro atoms. The summed E-state index contributed by atoms with van der Waals surface area (Å²) < 4.78 is 5.90. The highest BCUT2D eigenvalue weighted by Gasteiger charge is 2.47. The molecule has 23 heavy (non-hydrogen) atoms. The van der Waals surface area contributed by atoms with Gasteiger partial charge in [-0.15, -0.1) is 0 Å². The molecule has 1 saturated carbocycles. The van der Waals surface area contributed by atoms with Gasteiger partial charge in [-0.2, -0.15) is 0 Å². The van der Waals surface area contributed by atoms with Gasteiger partial charge in [0.05, 0.1) is 23.8 Å². The van der Waals surface area contributed by atoms with Crippen molar-refractivity contribution in [2.24, 2.45) is 0 Å². The molecule has 3 heterocycles. The third kappa shape index (κ3) is 2.49. The van der Waals surface area contributed by atoms with Gasteiger partial charge in [0.1, 0.15) is 6.10 Å². The summed E-state index contributed by atoms with van der Waals surface area (Å²) in [7, 11) is 0. The molecule has 1 amide bonds. The topological polar surface area (TPSA) is 96.4 Å². The molecular formula is C16H16N4O3. The summed E-state index contributed by atoms with van der Waals surface area (Å²) >= 11 is 0. The number of hydrogen-bond acceptors (Lipinski definition) is 6. The Morgan fingerprint density at radius 3 is 3.04 bits per heavy atom. The van der Waals surface area contributed by atoms with E-state index in [0.717, 1.165) is 0 Å². The van der Waals surface area contributed by atoms with Crippen LogP contribution in [0.3, 0.4) is 0 Å². The molecule has 7 nitrogen and oxygen atoms in total. The number of rotatable bonds is 2. The average Bonchev–Trinajstić information content (AvgIpc) is 2.89. The quantitative estimate of drug-likeness (QED) is 0.751. The van der Waals surface area contributed by atoms with E-state index in [9.17, 15) is 9.90 Å². The van der Waals surface area contributed by atoms with Gasteiger partial charge in [-0.05, 0) is 24.3 Å². The monoisotopic (exact) mass is 312 g/mol. The minimum absolute atomic E-state index is 0.208. The first-order valence-corrected chi connectivity index (χ1v) is 7.49. The number of nitrogens with zero attached hydrogens (tertiary/aromatic N) is 2. The van der Waals surface area contributed by atoms with Crippen LogP contribution in [0.4, 0.5) is 5.82 Å². The maximum absolute atomic E-state index is 12.2. The van der Waals surface area contributed by atoms with E-state index in [1.54, 1.807) is 30.6 Å². The lowest BCUT2D eigenvalue weighted by molar-refractivity contribution is 0.0852. The molecule has 0 unspecified atom stereocenters. The molecule has 1 aliphatic carbocycles. The SMILES string of the molecule is O=C(N[C@@H]1C[C@H]2Oc3cccnc3N[C@H]2[C@@H]1O)c1cccnc1. The van der Waals surface area contributed by atoms with E-state index in [1.807, 2.05) is 6.07 Å². The van der Waals surface area contributed by atoms with E-state index >= 15 is 0 Å². The molecule has 0 saturated heterocycles. The Labute approximate surface area is 132 Å². The normalized spacial score (nSPS) is 28.0. The van der Waals surface area contributed by atoms with Crippen molar-refractivity contribution in [3.8, 4) is 5.75 Å². The van der Waals surface area contributed by atoms with Crippen molar-refractivity contribution < 1.29 is 14.6 Å². The number of ether oxygens (including phenoxy) is 1. The summed E-state index contributed by atoms with van der Waals surface area (Å²) in [5.74, 6) is 1.03. The van der Waals surface area contributed by atoms with E-state index in [0.29, 0.717) is 23.6 Å². The van der Waals surface area contributed by atoms with Crippen molar-refractivity contribution in [3.63, 3.8) is 0 Å². The lowest BCUT2D eigenvalue weighted by Crippen LogP contribution is -2.47. The maximum Gasteiger partial charge on any atom is 0.253 e. The summed E-state index contributed by atoms with van der Waals surface area (Å²) in [5.41, 5.74) is 0.466. The van der Waals surface area contributed by atoms with E-state index in [4.69, 9.17) is 4.74 Å². The Morgan fingerprint density at radius 1 is 1.35 bits per heavy atom. The molecule has 1 aliphatic heterocycles. The summed E-state index contributed by atoms with van der Waals surface area (Å²) in [6.07, 6.45) is 4.34. The number of hydrogen-bond donors (Lipinski definition) is 3. The molecule has 118 valence electrons. The van der Waals surface area contributed by atoms with Crippen LogP contribution in [0.15, 0.2) is 42.9 Å². The van der Waals surface area contributed by atoms with Gasteiger partial charge in [-0.1, -0.05) is 0 Å². The molecule has 0 radical (unpaired) electrons. The molecule has 0 aromatic carbocycles. The van der Waals surface area contributed by atoms with E-state index < -0.39 is 6.10 Å². The second-order valence-corrected chi connectivity index (χ2v) is 5.72. The van der Waals surface area contributed by atoms with Crippen LogP contribution in [-0.2, 0) is 0 Å². The van der Waals surface area contributed by atoms with Crippen LogP contribution in [0.5, 0.6) is 5.75 Å². The van der Waals surface area contributed by atoms with Gasteiger partial charge in [0, 0.05) is 25.0 Å². The summed E-state index contributed by atoms with van der Waals surface area (Å²) in [5, 5.41) is 16.6. The second kappa shape index (κ2) is 5.51. The fourth-order valence-electron chi connectivity index (χ4n) is 3.11. The molecule has 2 aromatic rings. The third-order valence-corrected chi connectivity index (χ3v) is 4.26. The van der Waals surface area contributed by atoms with Crippen molar-refractivity contribution in [3.05, 3.63) is 48.4 Å².